The molecule has 2 aromatic rings. The third kappa shape index (κ3) is 3.27. The fourth-order valence-electron chi connectivity index (χ4n) is 2.82. The minimum atomic E-state index is 0.423. The fraction of sp³-hybridized carbons (Fsp3) is 0.412. The van der Waals surface area contributed by atoms with Gasteiger partial charge in [-0.25, -0.2) is 9.97 Å². The molecule has 0 radical (unpaired) electrons. The highest BCUT2D eigenvalue weighted by Crippen LogP contribution is 2.29. The van der Waals surface area contributed by atoms with Crippen molar-refractivity contribution < 1.29 is 0 Å². The lowest BCUT2D eigenvalue weighted by atomic mass is 9.92. The van der Waals surface area contributed by atoms with Gasteiger partial charge in [-0.1, -0.05) is 18.2 Å². The molecule has 110 valence electrons. The van der Waals surface area contributed by atoms with Crippen molar-refractivity contribution in [2.75, 3.05) is 7.05 Å². The van der Waals surface area contributed by atoms with Crippen LogP contribution in [0.2, 0.25) is 0 Å². The second kappa shape index (κ2) is 6.58. The number of fused-ring (bicyclic) bond motifs is 1. The minimum absolute atomic E-state index is 0.423. The van der Waals surface area contributed by atoms with Crippen LogP contribution in [0.25, 0.3) is 0 Å². The van der Waals surface area contributed by atoms with Crippen LogP contribution in [0.1, 0.15) is 41.5 Å². The van der Waals surface area contributed by atoms with Gasteiger partial charge in [0, 0.05) is 28.4 Å². The van der Waals surface area contributed by atoms with E-state index in [0.29, 0.717) is 6.04 Å². The zero-order valence-corrected chi connectivity index (χ0v) is 13.4. The number of nitrogens with one attached hydrogen (secondary N) is 1. The summed E-state index contributed by atoms with van der Waals surface area (Å²) in [7, 11) is 2.02. The van der Waals surface area contributed by atoms with E-state index in [1.54, 1.807) is 0 Å². The lowest BCUT2D eigenvalue weighted by Gasteiger charge is -2.24. The van der Waals surface area contributed by atoms with Crippen molar-refractivity contribution in [2.24, 2.45) is 0 Å². The van der Waals surface area contributed by atoms with Crippen molar-refractivity contribution in [3.8, 4) is 0 Å². The van der Waals surface area contributed by atoms with Crippen LogP contribution < -0.4 is 5.32 Å². The van der Waals surface area contributed by atoms with E-state index in [0.717, 1.165) is 18.0 Å². The summed E-state index contributed by atoms with van der Waals surface area (Å²) < 4.78 is 0. The van der Waals surface area contributed by atoms with Crippen molar-refractivity contribution in [1.29, 1.82) is 0 Å². The van der Waals surface area contributed by atoms with E-state index >= 15 is 0 Å². The molecule has 0 fully saturated rings. The molecule has 0 aliphatic heterocycles. The van der Waals surface area contributed by atoms with E-state index < -0.39 is 0 Å². The maximum absolute atomic E-state index is 4.78. The van der Waals surface area contributed by atoms with Gasteiger partial charge < -0.3 is 5.32 Å². The van der Waals surface area contributed by atoms with Crippen molar-refractivity contribution in [1.82, 2.24) is 15.3 Å². The normalized spacial score (nSPS) is 17.5. The Balaban J connectivity index is 1.74. The number of hydrogen-bond donors (Lipinski definition) is 1. The molecule has 1 aromatic carbocycles. The number of nitrogens with zero attached hydrogens (tertiary/aromatic N) is 2. The Morgan fingerprint density at radius 3 is 3.00 bits per heavy atom. The van der Waals surface area contributed by atoms with Crippen LogP contribution >= 0.6 is 11.8 Å². The summed E-state index contributed by atoms with van der Waals surface area (Å²) in [5.41, 5.74) is 3.83. The predicted molar refractivity (Wildman–Crippen MR) is 87.5 cm³/mol. The number of rotatable bonds is 4. The van der Waals surface area contributed by atoms with Gasteiger partial charge in [-0.2, -0.15) is 0 Å². The van der Waals surface area contributed by atoms with Crippen molar-refractivity contribution in [3.05, 3.63) is 53.1 Å². The molecule has 0 saturated heterocycles. The summed E-state index contributed by atoms with van der Waals surface area (Å²) in [6.07, 6.45) is 5.50. The number of thioether (sulfide) groups is 1. The number of hydrogen-bond acceptors (Lipinski definition) is 4. The molecule has 3 rings (SSSR count). The van der Waals surface area contributed by atoms with Crippen LogP contribution in [0.4, 0.5) is 0 Å². The topological polar surface area (TPSA) is 37.8 Å². The van der Waals surface area contributed by atoms with Gasteiger partial charge in [-0.05, 0) is 44.9 Å². The number of benzene rings is 1. The number of aryl methyl sites for hydroxylation is 2. The lowest BCUT2D eigenvalue weighted by Crippen LogP contribution is -2.23. The van der Waals surface area contributed by atoms with Gasteiger partial charge in [0.25, 0.3) is 0 Å². The molecule has 0 saturated carbocycles. The molecular weight excluding hydrogens is 278 g/mol. The Bertz CT molecular complexity index is 627. The van der Waals surface area contributed by atoms with Crippen molar-refractivity contribution in [3.63, 3.8) is 0 Å². The lowest BCUT2D eigenvalue weighted by molar-refractivity contribution is 0.486. The standard InChI is InChI=1S/C17H21N3S/c1-12-6-3-4-9-16(12)21-11-17-19-10-13-14(18-2)7-5-8-15(13)20-17/h3-4,6,9-10,14,18H,5,7-8,11H2,1-2H3. The van der Waals surface area contributed by atoms with Gasteiger partial charge in [-0.3, -0.25) is 0 Å². The quantitative estimate of drug-likeness (QED) is 0.874. The molecule has 1 aromatic heterocycles. The van der Waals surface area contributed by atoms with Crippen LogP contribution in [0.15, 0.2) is 35.4 Å². The second-order valence-electron chi connectivity index (χ2n) is 5.48. The molecule has 21 heavy (non-hydrogen) atoms. The molecule has 1 N–H and O–H groups in total. The average Bonchev–Trinajstić information content (AvgIpc) is 2.53. The summed E-state index contributed by atoms with van der Waals surface area (Å²) in [5, 5.41) is 3.36. The van der Waals surface area contributed by atoms with Crippen LogP contribution in [0.3, 0.4) is 0 Å². The Morgan fingerprint density at radius 1 is 1.33 bits per heavy atom. The third-order valence-electron chi connectivity index (χ3n) is 4.03. The molecule has 4 heteroatoms. The highest BCUT2D eigenvalue weighted by atomic mass is 32.2. The Labute approximate surface area is 130 Å². The molecule has 0 bridgehead atoms. The molecule has 1 atom stereocenters. The highest BCUT2D eigenvalue weighted by molar-refractivity contribution is 7.98. The monoisotopic (exact) mass is 299 g/mol. The first-order valence-corrected chi connectivity index (χ1v) is 8.47. The van der Waals surface area contributed by atoms with E-state index in [1.165, 1.54) is 34.6 Å². The minimum Gasteiger partial charge on any atom is -0.313 e. The van der Waals surface area contributed by atoms with Crippen molar-refractivity contribution in [2.45, 2.75) is 42.9 Å². The van der Waals surface area contributed by atoms with E-state index in [1.807, 2.05) is 25.0 Å². The first-order chi connectivity index (χ1) is 10.3. The van der Waals surface area contributed by atoms with Crippen LogP contribution in [0, 0.1) is 6.92 Å². The SMILES string of the molecule is CNC1CCCc2nc(CSc3ccccc3C)ncc21. The Morgan fingerprint density at radius 2 is 2.19 bits per heavy atom. The third-order valence-corrected chi connectivity index (χ3v) is 5.20. The van der Waals surface area contributed by atoms with Crippen LogP contribution in [-0.4, -0.2) is 17.0 Å². The summed E-state index contributed by atoms with van der Waals surface area (Å²) >= 11 is 1.82. The average molecular weight is 299 g/mol. The first-order valence-electron chi connectivity index (χ1n) is 7.48. The van der Waals surface area contributed by atoms with Gasteiger partial charge in [0.2, 0.25) is 0 Å². The summed E-state index contributed by atoms with van der Waals surface area (Å²) in [5.74, 6) is 1.78. The van der Waals surface area contributed by atoms with Gasteiger partial charge in [0.15, 0.2) is 0 Å². The molecule has 0 spiro atoms. The van der Waals surface area contributed by atoms with Gasteiger partial charge >= 0.3 is 0 Å². The predicted octanol–water partition coefficient (Wildman–Crippen LogP) is 3.67. The maximum atomic E-state index is 4.78. The smallest absolute Gasteiger partial charge is 0.138 e. The second-order valence-corrected chi connectivity index (χ2v) is 6.49. The van der Waals surface area contributed by atoms with Gasteiger partial charge in [-0.15, -0.1) is 11.8 Å². The molecule has 1 aliphatic rings. The summed E-state index contributed by atoms with van der Waals surface area (Å²) in [6.45, 7) is 2.15. The summed E-state index contributed by atoms with van der Waals surface area (Å²) in [6, 6.07) is 8.89. The Hall–Kier alpha value is -1.39. The zero-order chi connectivity index (χ0) is 14.7. The molecule has 1 heterocycles. The largest absolute Gasteiger partial charge is 0.313 e. The fourth-order valence-corrected chi connectivity index (χ4v) is 3.71. The Kier molecular flexibility index (Phi) is 4.56. The first kappa shape index (κ1) is 14.5. The summed E-state index contributed by atoms with van der Waals surface area (Å²) in [4.78, 5) is 10.7. The molecule has 3 nitrogen and oxygen atoms in total. The molecule has 1 unspecified atom stereocenters. The molecule has 1 aliphatic carbocycles. The van der Waals surface area contributed by atoms with E-state index in [9.17, 15) is 0 Å². The molecular formula is C17H21N3S. The van der Waals surface area contributed by atoms with E-state index in [4.69, 9.17) is 4.98 Å². The van der Waals surface area contributed by atoms with E-state index in [-0.39, 0.29) is 0 Å². The van der Waals surface area contributed by atoms with Gasteiger partial charge in [0.05, 0.1) is 5.75 Å². The van der Waals surface area contributed by atoms with Crippen LogP contribution in [-0.2, 0) is 12.2 Å². The maximum Gasteiger partial charge on any atom is 0.138 e. The van der Waals surface area contributed by atoms with Crippen LogP contribution in [0.5, 0.6) is 0 Å². The van der Waals surface area contributed by atoms with Gasteiger partial charge in [0.1, 0.15) is 5.82 Å². The highest BCUT2D eigenvalue weighted by Gasteiger charge is 2.20. The number of aromatic nitrogens is 2. The van der Waals surface area contributed by atoms with E-state index in [2.05, 4.69) is 41.5 Å². The van der Waals surface area contributed by atoms with Crippen molar-refractivity contribution >= 4 is 11.8 Å². The molecule has 0 amide bonds. The zero-order valence-electron chi connectivity index (χ0n) is 12.6.